The number of anilines is 1. The highest BCUT2D eigenvalue weighted by molar-refractivity contribution is 6.10. The molecule has 0 atom stereocenters. The van der Waals surface area contributed by atoms with Gasteiger partial charge in [-0.05, 0) is 67.3 Å². The van der Waals surface area contributed by atoms with Crippen LogP contribution in [0, 0.1) is 20.8 Å². The molecule has 24 heavy (non-hydrogen) atoms. The second-order valence-corrected chi connectivity index (χ2v) is 6.53. The Morgan fingerprint density at radius 3 is 2.00 bits per heavy atom. The predicted molar refractivity (Wildman–Crippen MR) is 103 cm³/mol. The van der Waals surface area contributed by atoms with Crippen LogP contribution in [0.5, 0.6) is 0 Å². The molecule has 4 aromatic rings. The fourth-order valence-electron chi connectivity index (χ4n) is 3.29. The Hall–Kier alpha value is -2.87. The third-order valence-electron chi connectivity index (χ3n) is 4.84. The summed E-state index contributed by atoms with van der Waals surface area (Å²) >= 11 is 0. The van der Waals surface area contributed by atoms with Crippen LogP contribution in [-0.2, 0) is 0 Å². The molecule has 4 rings (SSSR count). The van der Waals surface area contributed by atoms with E-state index in [1.54, 1.807) is 0 Å². The van der Waals surface area contributed by atoms with Crippen molar-refractivity contribution in [3.05, 3.63) is 71.3 Å². The van der Waals surface area contributed by atoms with E-state index in [-0.39, 0.29) is 0 Å². The minimum absolute atomic E-state index is 0.810. The standard InChI is InChI=1S/C22H20N2/c1-13-9-17-20(10-14(13)2)24-21-11-15(3)19(23)12-18(21)22(17)16-7-5-4-6-8-16/h4-12H,23H2,1-3H3. The third-order valence-corrected chi connectivity index (χ3v) is 4.84. The van der Waals surface area contributed by atoms with Gasteiger partial charge in [0.15, 0.2) is 0 Å². The first-order valence-corrected chi connectivity index (χ1v) is 8.21. The molecule has 0 unspecified atom stereocenters. The molecular formula is C22H20N2. The lowest BCUT2D eigenvalue weighted by molar-refractivity contribution is 1.34. The molecule has 0 aliphatic carbocycles. The van der Waals surface area contributed by atoms with Crippen LogP contribution < -0.4 is 5.73 Å². The number of fused-ring (bicyclic) bond motifs is 2. The third kappa shape index (κ3) is 2.23. The van der Waals surface area contributed by atoms with E-state index >= 15 is 0 Å². The van der Waals surface area contributed by atoms with E-state index < -0.39 is 0 Å². The van der Waals surface area contributed by atoms with Crippen molar-refractivity contribution in [1.82, 2.24) is 4.98 Å². The first kappa shape index (κ1) is 14.7. The number of hydrogen-bond acceptors (Lipinski definition) is 2. The molecule has 1 heterocycles. The fraction of sp³-hybridized carbons (Fsp3) is 0.136. The summed E-state index contributed by atoms with van der Waals surface area (Å²) in [6.45, 7) is 6.32. The summed E-state index contributed by atoms with van der Waals surface area (Å²) < 4.78 is 0. The minimum atomic E-state index is 0.810. The summed E-state index contributed by atoms with van der Waals surface area (Å²) in [7, 11) is 0. The van der Waals surface area contributed by atoms with Gasteiger partial charge in [0.05, 0.1) is 11.0 Å². The second-order valence-electron chi connectivity index (χ2n) is 6.53. The quantitative estimate of drug-likeness (QED) is 0.369. The van der Waals surface area contributed by atoms with Crippen molar-refractivity contribution < 1.29 is 0 Å². The van der Waals surface area contributed by atoms with E-state index in [2.05, 4.69) is 62.4 Å². The summed E-state index contributed by atoms with van der Waals surface area (Å²) in [5, 5.41) is 2.29. The van der Waals surface area contributed by atoms with Crippen molar-refractivity contribution in [2.75, 3.05) is 5.73 Å². The number of rotatable bonds is 1. The summed E-state index contributed by atoms with van der Waals surface area (Å²) in [6, 6.07) is 19.1. The maximum Gasteiger partial charge on any atom is 0.0720 e. The van der Waals surface area contributed by atoms with Gasteiger partial charge in [0.25, 0.3) is 0 Å². The number of aryl methyl sites for hydroxylation is 3. The van der Waals surface area contributed by atoms with Gasteiger partial charge in [-0.15, -0.1) is 0 Å². The summed E-state index contributed by atoms with van der Waals surface area (Å²) in [5.41, 5.74) is 15.1. The monoisotopic (exact) mass is 312 g/mol. The van der Waals surface area contributed by atoms with Gasteiger partial charge < -0.3 is 5.73 Å². The number of aromatic nitrogens is 1. The van der Waals surface area contributed by atoms with Crippen LogP contribution in [0.3, 0.4) is 0 Å². The molecule has 0 aliphatic heterocycles. The Labute approximate surface area is 142 Å². The molecule has 0 aliphatic rings. The molecule has 0 saturated heterocycles. The fourth-order valence-corrected chi connectivity index (χ4v) is 3.29. The van der Waals surface area contributed by atoms with Crippen LogP contribution in [-0.4, -0.2) is 4.98 Å². The number of hydrogen-bond donors (Lipinski definition) is 1. The Balaban J connectivity index is 2.25. The van der Waals surface area contributed by atoms with Crippen molar-refractivity contribution in [2.24, 2.45) is 0 Å². The second kappa shape index (κ2) is 5.34. The molecule has 0 radical (unpaired) electrons. The van der Waals surface area contributed by atoms with Crippen LogP contribution in [0.4, 0.5) is 5.69 Å². The minimum Gasteiger partial charge on any atom is -0.398 e. The average molecular weight is 312 g/mol. The summed E-state index contributed by atoms with van der Waals surface area (Å²) in [5.74, 6) is 0. The van der Waals surface area contributed by atoms with Crippen LogP contribution >= 0.6 is 0 Å². The zero-order valence-electron chi connectivity index (χ0n) is 14.2. The van der Waals surface area contributed by atoms with Gasteiger partial charge in [0.2, 0.25) is 0 Å². The first-order chi connectivity index (χ1) is 11.5. The van der Waals surface area contributed by atoms with Crippen LogP contribution in [0.2, 0.25) is 0 Å². The maximum absolute atomic E-state index is 6.20. The number of nitrogens with two attached hydrogens (primary N) is 1. The number of benzene rings is 3. The average Bonchev–Trinajstić information content (AvgIpc) is 2.57. The smallest absolute Gasteiger partial charge is 0.0720 e. The molecule has 0 amide bonds. The van der Waals surface area contributed by atoms with E-state index in [1.165, 1.54) is 27.6 Å². The molecule has 0 spiro atoms. The first-order valence-electron chi connectivity index (χ1n) is 8.21. The van der Waals surface area contributed by atoms with Crippen molar-refractivity contribution in [1.29, 1.82) is 0 Å². The van der Waals surface area contributed by atoms with Gasteiger partial charge in [-0.25, -0.2) is 4.98 Å². The maximum atomic E-state index is 6.20. The van der Waals surface area contributed by atoms with Crippen molar-refractivity contribution in [2.45, 2.75) is 20.8 Å². The lowest BCUT2D eigenvalue weighted by Crippen LogP contribution is -1.95. The van der Waals surface area contributed by atoms with E-state index in [1.807, 2.05) is 13.0 Å². The van der Waals surface area contributed by atoms with E-state index in [0.29, 0.717) is 0 Å². The SMILES string of the molecule is Cc1cc2nc3cc(C)c(N)cc3c(-c3ccccc3)c2cc1C. The highest BCUT2D eigenvalue weighted by Crippen LogP contribution is 2.37. The van der Waals surface area contributed by atoms with E-state index in [9.17, 15) is 0 Å². The Bertz CT molecular complexity index is 1010. The molecule has 0 saturated carbocycles. The van der Waals surface area contributed by atoms with Gasteiger partial charge >= 0.3 is 0 Å². The molecule has 0 fully saturated rings. The lowest BCUT2D eigenvalue weighted by atomic mass is 9.93. The lowest BCUT2D eigenvalue weighted by Gasteiger charge is -2.14. The van der Waals surface area contributed by atoms with Gasteiger partial charge in [0, 0.05) is 22.0 Å². The summed E-state index contributed by atoms with van der Waals surface area (Å²) in [6.07, 6.45) is 0. The van der Waals surface area contributed by atoms with E-state index in [0.717, 1.165) is 27.7 Å². The van der Waals surface area contributed by atoms with Gasteiger partial charge in [-0.1, -0.05) is 30.3 Å². The molecule has 2 heteroatoms. The zero-order chi connectivity index (χ0) is 16.8. The van der Waals surface area contributed by atoms with Gasteiger partial charge in [0.1, 0.15) is 0 Å². The van der Waals surface area contributed by atoms with Gasteiger partial charge in [-0.3, -0.25) is 0 Å². The molecule has 118 valence electrons. The molecule has 2 nitrogen and oxygen atoms in total. The van der Waals surface area contributed by atoms with Gasteiger partial charge in [-0.2, -0.15) is 0 Å². The normalized spacial score (nSPS) is 11.3. The molecular weight excluding hydrogens is 292 g/mol. The van der Waals surface area contributed by atoms with Crippen LogP contribution in [0.1, 0.15) is 16.7 Å². The van der Waals surface area contributed by atoms with Crippen molar-refractivity contribution in [3.8, 4) is 11.1 Å². The highest BCUT2D eigenvalue weighted by atomic mass is 14.7. The highest BCUT2D eigenvalue weighted by Gasteiger charge is 2.13. The van der Waals surface area contributed by atoms with E-state index in [4.69, 9.17) is 10.7 Å². The van der Waals surface area contributed by atoms with Crippen molar-refractivity contribution >= 4 is 27.5 Å². The van der Waals surface area contributed by atoms with Crippen LogP contribution in [0.25, 0.3) is 32.9 Å². The number of nitrogen functional groups attached to an aromatic ring is 1. The predicted octanol–water partition coefficient (Wildman–Crippen LogP) is 5.56. The number of nitrogens with zero attached hydrogens (tertiary/aromatic N) is 1. The summed E-state index contributed by atoms with van der Waals surface area (Å²) in [4.78, 5) is 4.91. The molecule has 3 aromatic carbocycles. The molecule has 1 aromatic heterocycles. The van der Waals surface area contributed by atoms with Crippen LogP contribution in [0.15, 0.2) is 54.6 Å². The zero-order valence-corrected chi connectivity index (χ0v) is 14.2. The largest absolute Gasteiger partial charge is 0.398 e. The Morgan fingerprint density at radius 2 is 1.29 bits per heavy atom. The number of pyridine rings is 1. The molecule has 2 N–H and O–H groups in total. The Morgan fingerprint density at radius 1 is 0.708 bits per heavy atom. The topological polar surface area (TPSA) is 38.9 Å². The Kier molecular flexibility index (Phi) is 3.27. The van der Waals surface area contributed by atoms with Crippen molar-refractivity contribution in [3.63, 3.8) is 0 Å². The molecule has 0 bridgehead atoms.